The number of hydrogen-bond donors (Lipinski definition) is 0. The Labute approximate surface area is 98.8 Å². The molecule has 0 unspecified atom stereocenters. The van der Waals surface area contributed by atoms with Crippen LogP contribution in [0.3, 0.4) is 0 Å². The van der Waals surface area contributed by atoms with E-state index in [0.717, 1.165) is 16.7 Å². The number of carbonyl (C=O) groups excluding carboxylic acids is 1. The molecule has 0 atom stereocenters. The van der Waals surface area contributed by atoms with Crippen molar-refractivity contribution in [3.8, 4) is 0 Å². The predicted octanol–water partition coefficient (Wildman–Crippen LogP) is 3.38. The normalized spacial score (nSPS) is 10.1. The summed E-state index contributed by atoms with van der Waals surface area (Å²) in [5, 5.41) is 0.669. The second-order valence-electron chi connectivity index (χ2n) is 3.40. The van der Waals surface area contributed by atoms with Crippen LogP contribution in [0.15, 0.2) is 12.1 Å². The molecule has 82 valence electrons. The van der Waals surface area contributed by atoms with E-state index in [2.05, 4.69) is 15.9 Å². The second kappa shape index (κ2) is 5.31. The van der Waals surface area contributed by atoms with E-state index < -0.39 is 0 Å². The van der Waals surface area contributed by atoms with Gasteiger partial charge in [0.25, 0.3) is 0 Å². The van der Waals surface area contributed by atoms with Gasteiger partial charge in [-0.15, -0.1) is 0 Å². The van der Waals surface area contributed by atoms with E-state index in [1.54, 1.807) is 0 Å². The molecule has 0 heterocycles. The van der Waals surface area contributed by atoms with Gasteiger partial charge in [-0.1, -0.05) is 28.1 Å². The molecule has 1 rings (SSSR count). The first-order valence-corrected chi connectivity index (χ1v) is 6.06. The van der Waals surface area contributed by atoms with E-state index in [-0.39, 0.29) is 5.97 Å². The lowest BCUT2D eigenvalue weighted by Gasteiger charge is -2.11. The quantitative estimate of drug-likeness (QED) is 0.622. The average molecular weight is 271 g/mol. The molecule has 0 saturated heterocycles. The molecule has 1 aromatic rings. The monoisotopic (exact) mass is 270 g/mol. The van der Waals surface area contributed by atoms with Gasteiger partial charge < -0.3 is 4.74 Å². The lowest BCUT2D eigenvalue weighted by Crippen LogP contribution is -2.10. The number of ether oxygens (including phenoxy) is 1. The third-order valence-corrected chi connectivity index (χ3v) is 3.05. The zero-order chi connectivity index (χ0) is 11.4. The van der Waals surface area contributed by atoms with Crippen LogP contribution in [0.25, 0.3) is 0 Å². The number of aryl methyl sites for hydroxylation is 1. The number of carbonyl (C=O) groups is 1. The SMILES string of the molecule is CCOC(=O)c1c(CBr)ccc(C)c1C. The summed E-state index contributed by atoms with van der Waals surface area (Å²) in [4.78, 5) is 11.8. The molecule has 0 aromatic heterocycles. The summed E-state index contributed by atoms with van der Waals surface area (Å²) in [5.41, 5.74) is 3.80. The van der Waals surface area contributed by atoms with Crippen LogP contribution in [0.2, 0.25) is 0 Å². The van der Waals surface area contributed by atoms with Crippen molar-refractivity contribution in [2.45, 2.75) is 26.1 Å². The molecule has 0 aliphatic carbocycles. The summed E-state index contributed by atoms with van der Waals surface area (Å²) in [6.07, 6.45) is 0. The predicted molar refractivity (Wildman–Crippen MR) is 64.5 cm³/mol. The lowest BCUT2D eigenvalue weighted by molar-refractivity contribution is 0.0524. The number of hydrogen-bond acceptors (Lipinski definition) is 2. The van der Waals surface area contributed by atoms with Gasteiger partial charge in [-0.2, -0.15) is 0 Å². The van der Waals surface area contributed by atoms with Crippen LogP contribution in [0.1, 0.15) is 34.0 Å². The zero-order valence-corrected chi connectivity index (χ0v) is 10.8. The van der Waals surface area contributed by atoms with Gasteiger partial charge >= 0.3 is 5.97 Å². The molecular weight excluding hydrogens is 256 g/mol. The first kappa shape index (κ1) is 12.2. The van der Waals surface area contributed by atoms with Crippen LogP contribution in [0, 0.1) is 13.8 Å². The van der Waals surface area contributed by atoms with Crippen molar-refractivity contribution in [1.82, 2.24) is 0 Å². The first-order chi connectivity index (χ1) is 7.11. The highest BCUT2D eigenvalue weighted by molar-refractivity contribution is 9.08. The Morgan fingerprint density at radius 3 is 2.60 bits per heavy atom. The Morgan fingerprint density at radius 1 is 1.40 bits per heavy atom. The lowest BCUT2D eigenvalue weighted by atomic mass is 9.98. The number of halogens is 1. The van der Waals surface area contributed by atoms with Crippen molar-refractivity contribution in [2.24, 2.45) is 0 Å². The van der Waals surface area contributed by atoms with E-state index in [4.69, 9.17) is 4.74 Å². The molecule has 0 aliphatic rings. The molecule has 1 aromatic carbocycles. The summed E-state index contributed by atoms with van der Waals surface area (Å²) >= 11 is 3.38. The van der Waals surface area contributed by atoms with Gasteiger partial charge in [-0.05, 0) is 37.5 Å². The second-order valence-corrected chi connectivity index (χ2v) is 3.96. The molecule has 2 nitrogen and oxygen atoms in total. The minimum atomic E-state index is -0.229. The molecule has 0 bridgehead atoms. The van der Waals surface area contributed by atoms with E-state index >= 15 is 0 Å². The minimum absolute atomic E-state index is 0.229. The Bertz CT molecular complexity index is 372. The van der Waals surface area contributed by atoms with E-state index in [0.29, 0.717) is 17.5 Å². The van der Waals surface area contributed by atoms with Crippen molar-refractivity contribution < 1.29 is 9.53 Å². The topological polar surface area (TPSA) is 26.3 Å². The first-order valence-electron chi connectivity index (χ1n) is 4.94. The van der Waals surface area contributed by atoms with Crippen molar-refractivity contribution in [2.75, 3.05) is 6.61 Å². The minimum Gasteiger partial charge on any atom is -0.462 e. The maximum absolute atomic E-state index is 11.8. The van der Waals surface area contributed by atoms with Crippen LogP contribution in [0.4, 0.5) is 0 Å². The largest absolute Gasteiger partial charge is 0.462 e. The highest BCUT2D eigenvalue weighted by Crippen LogP contribution is 2.21. The molecule has 0 fully saturated rings. The molecule has 3 heteroatoms. The Morgan fingerprint density at radius 2 is 2.07 bits per heavy atom. The third kappa shape index (κ3) is 2.59. The maximum Gasteiger partial charge on any atom is 0.338 e. The van der Waals surface area contributed by atoms with E-state index in [1.807, 2.05) is 32.9 Å². The van der Waals surface area contributed by atoms with Crippen LogP contribution in [-0.2, 0) is 10.1 Å². The Hall–Kier alpha value is -0.830. The molecule has 0 spiro atoms. The molecule has 0 radical (unpaired) electrons. The maximum atomic E-state index is 11.8. The highest BCUT2D eigenvalue weighted by atomic mass is 79.9. The van der Waals surface area contributed by atoms with Crippen LogP contribution >= 0.6 is 15.9 Å². The van der Waals surface area contributed by atoms with Gasteiger partial charge in [0.15, 0.2) is 0 Å². The zero-order valence-electron chi connectivity index (χ0n) is 9.26. The van der Waals surface area contributed by atoms with E-state index in [1.165, 1.54) is 0 Å². The van der Waals surface area contributed by atoms with Gasteiger partial charge in [0.1, 0.15) is 0 Å². The van der Waals surface area contributed by atoms with Gasteiger partial charge in [-0.3, -0.25) is 0 Å². The van der Waals surface area contributed by atoms with Crippen molar-refractivity contribution in [1.29, 1.82) is 0 Å². The fourth-order valence-electron chi connectivity index (χ4n) is 1.47. The van der Waals surface area contributed by atoms with Gasteiger partial charge in [0.2, 0.25) is 0 Å². The fourth-order valence-corrected chi connectivity index (χ4v) is 1.94. The van der Waals surface area contributed by atoms with Crippen molar-refractivity contribution in [3.05, 3.63) is 34.4 Å². The number of rotatable bonds is 3. The molecule has 15 heavy (non-hydrogen) atoms. The summed E-state index contributed by atoms with van der Waals surface area (Å²) in [6.45, 7) is 6.18. The van der Waals surface area contributed by atoms with Gasteiger partial charge in [0, 0.05) is 5.33 Å². The van der Waals surface area contributed by atoms with Crippen LogP contribution in [0.5, 0.6) is 0 Å². The summed E-state index contributed by atoms with van der Waals surface area (Å²) in [5.74, 6) is -0.229. The molecule has 0 N–H and O–H groups in total. The van der Waals surface area contributed by atoms with Gasteiger partial charge in [-0.25, -0.2) is 4.79 Å². The standard InChI is InChI=1S/C12H15BrO2/c1-4-15-12(14)11-9(3)8(2)5-6-10(11)7-13/h5-6H,4,7H2,1-3H3. The summed E-state index contributed by atoms with van der Waals surface area (Å²) in [6, 6.07) is 3.98. The highest BCUT2D eigenvalue weighted by Gasteiger charge is 2.15. The Balaban J connectivity index is 3.23. The number of alkyl halides is 1. The Kier molecular flexibility index (Phi) is 4.33. The summed E-state index contributed by atoms with van der Waals surface area (Å²) < 4.78 is 5.05. The van der Waals surface area contributed by atoms with Crippen LogP contribution < -0.4 is 0 Å². The fraction of sp³-hybridized carbons (Fsp3) is 0.417. The third-order valence-electron chi connectivity index (χ3n) is 2.45. The van der Waals surface area contributed by atoms with Gasteiger partial charge in [0.05, 0.1) is 12.2 Å². The number of benzene rings is 1. The number of esters is 1. The molecule has 0 saturated carbocycles. The van der Waals surface area contributed by atoms with Crippen molar-refractivity contribution >= 4 is 21.9 Å². The molecule has 0 aliphatic heterocycles. The average Bonchev–Trinajstić information content (AvgIpc) is 2.22. The van der Waals surface area contributed by atoms with Crippen LogP contribution in [-0.4, -0.2) is 12.6 Å². The molecular formula is C12H15BrO2. The van der Waals surface area contributed by atoms with E-state index in [9.17, 15) is 4.79 Å². The smallest absolute Gasteiger partial charge is 0.338 e. The van der Waals surface area contributed by atoms with Crippen molar-refractivity contribution in [3.63, 3.8) is 0 Å². The molecule has 0 amide bonds. The summed E-state index contributed by atoms with van der Waals surface area (Å²) in [7, 11) is 0.